The minimum Gasteiger partial charge on any atom is -0.486 e. The first kappa shape index (κ1) is 47.8. The molecule has 16 heteroatoms. The molecule has 0 fully saturated rings. The first-order chi connectivity index (χ1) is 36.7. The van der Waals surface area contributed by atoms with Gasteiger partial charge in [0, 0.05) is 61.9 Å². The Balaban J connectivity index is 0.00000616. The van der Waals surface area contributed by atoms with E-state index in [1.54, 1.807) is 30.3 Å². The van der Waals surface area contributed by atoms with Crippen molar-refractivity contribution in [3.8, 4) is 51.6 Å². The number of aliphatic carboxylic acids is 2. The van der Waals surface area contributed by atoms with Gasteiger partial charge in [-0.05, 0) is 98.4 Å². The number of aromatic nitrogens is 8. The van der Waals surface area contributed by atoms with E-state index in [2.05, 4.69) is 4.85 Å². The predicted molar refractivity (Wildman–Crippen MR) is 287 cm³/mol. The average molecular weight is 1040 g/mol. The number of benzene rings is 7. The Morgan fingerprint density at radius 3 is 1.29 bits per heavy atom. The van der Waals surface area contributed by atoms with Crippen LogP contribution in [0.4, 0.5) is 17.1 Å². The second-order valence-corrected chi connectivity index (χ2v) is 17.3. The van der Waals surface area contributed by atoms with Crippen LogP contribution in [-0.4, -0.2) is 52.1 Å². The third-order valence-corrected chi connectivity index (χ3v) is 12.7. The van der Waals surface area contributed by atoms with E-state index in [-0.39, 0.29) is 19.5 Å². The fraction of sp³-hybridized carbons (Fsp3) is 0. The van der Waals surface area contributed by atoms with Gasteiger partial charge in [-0.25, -0.2) is 19.6 Å². The number of anilines is 3. The van der Waals surface area contributed by atoms with Crippen LogP contribution < -0.4 is 14.9 Å². The molecular weight excluding hydrogens is 1000 g/mol. The van der Waals surface area contributed by atoms with Crippen molar-refractivity contribution in [1.29, 1.82) is 5.26 Å². The van der Waals surface area contributed by atoms with Crippen molar-refractivity contribution in [2.45, 2.75) is 0 Å². The third kappa shape index (κ3) is 8.94. The number of nitrogens with zero attached hydrogens (tertiary/aromatic N) is 11. The number of nitriles is 1. The second kappa shape index (κ2) is 19.8. The van der Waals surface area contributed by atoms with Crippen LogP contribution in [-0.2, 0) is 29.1 Å². The Kier molecular flexibility index (Phi) is 12.5. The van der Waals surface area contributed by atoms with E-state index in [0.717, 1.165) is 72.0 Å². The smallest absolute Gasteiger partial charge is 0.486 e. The van der Waals surface area contributed by atoms with Gasteiger partial charge < -0.3 is 45.0 Å². The molecule has 76 heavy (non-hydrogen) atoms. The zero-order valence-corrected chi connectivity index (χ0v) is 42.7. The van der Waals surface area contributed by atoms with Gasteiger partial charge in [-0.1, -0.05) is 133 Å². The zero-order valence-electron chi connectivity index (χ0n) is 39.7. The number of hydrogen-bond donors (Lipinski definition) is 2. The Bertz CT molecular complexity index is 4300. The summed E-state index contributed by atoms with van der Waals surface area (Å²) in [5, 5.41) is 31.4. The van der Waals surface area contributed by atoms with Crippen molar-refractivity contribution in [1.82, 2.24) is 39.9 Å². The Morgan fingerprint density at radius 2 is 0.868 bits per heavy atom. The summed E-state index contributed by atoms with van der Waals surface area (Å²) in [6, 6.07) is 53.3. The normalized spacial score (nSPS) is 11.9. The van der Waals surface area contributed by atoms with Gasteiger partial charge in [0.2, 0.25) is 0 Å². The molecule has 0 atom stereocenters. The van der Waals surface area contributed by atoms with E-state index in [4.69, 9.17) is 46.4 Å². The molecule has 5 heterocycles. The molecule has 3 aromatic heterocycles. The molecule has 2 N–H and O–H groups in total. The van der Waals surface area contributed by atoms with Crippen molar-refractivity contribution < 1.29 is 39.3 Å². The van der Waals surface area contributed by atoms with Crippen LogP contribution in [0.5, 0.6) is 0 Å². The predicted octanol–water partition coefficient (Wildman–Crippen LogP) is 12.1. The molecular formula is C60H33N11O4Zn. The molecule has 0 unspecified atom stereocenters. The van der Waals surface area contributed by atoms with Gasteiger partial charge in [-0.2, -0.15) is 5.26 Å². The van der Waals surface area contributed by atoms with Gasteiger partial charge in [0.15, 0.2) is 0 Å². The molecule has 0 saturated carbocycles. The molecule has 7 aromatic carbocycles. The maximum atomic E-state index is 11.5. The molecule has 354 valence electrons. The topological polar surface area (TPSA) is 212 Å². The number of hydrogen-bond acceptors (Lipinski definition) is 10. The van der Waals surface area contributed by atoms with Crippen LogP contribution in [0, 0.1) is 17.9 Å². The zero-order chi connectivity index (χ0) is 51.2. The van der Waals surface area contributed by atoms with E-state index < -0.39 is 23.2 Å². The van der Waals surface area contributed by atoms with Crippen LogP contribution in [0.3, 0.4) is 0 Å². The van der Waals surface area contributed by atoms with Crippen LogP contribution in [0.1, 0.15) is 22.3 Å². The molecule has 8 bridgehead atoms. The maximum absolute atomic E-state index is 11.5. The molecule has 15 nitrogen and oxygen atoms in total. The molecule has 0 radical (unpaired) electrons. The second-order valence-electron chi connectivity index (χ2n) is 17.3. The summed E-state index contributed by atoms with van der Waals surface area (Å²) in [6.07, 6.45) is 6.62. The van der Waals surface area contributed by atoms with E-state index >= 15 is 0 Å². The van der Waals surface area contributed by atoms with Crippen LogP contribution in [0.15, 0.2) is 175 Å². The summed E-state index contributed by atoms with van der Waals surface area (Å²) in [6.45, 7) is 7.25. The molecule has 0 spiro atoms. The largest absolute Gasteiger partial charge is 2.00 e. The summed E-state index contributed by atoms with van der Waals surface area (Å²) in [5.41, 5.74) is 9.34. The SMILES string of the molecule is [C-]#[N+]/C(=C\c1ccc(N(c2ccc(/C=C/c3ccc4c(c3)-c3nc-4nc4[n-]c(nc5nc(nc6[n-]c(n3)c3ccccc63)-c3ccccc3-5)c3ccccc43)cc2)c2ccc(/C=C(\C#N)C(=O)O)cc2)cc1)C(=O)O.[Zn+2]. The number of carboxylic acids is 2. The fourth-order valence-electron chi connectivity index (χ4n) is 9.05. The third-order valence-electron chi connectivity index (χ3n) is 12.7. The average Bonchev–Trinajstić information content (AvgIpc) is 4.18. The standard InChI is InChI=1S/C60H35N11O4.Zn/c1-62-50(60(74)75)32-37-20-27-41(28-21-37)71(40-25-18-35(19-26-40)30-38(33-61)59(72)73)39-23-16-34(17-24-39)14-15-36-22-29-48-49(31-36)58-69-56-47-13-7-6-12-46(47)54(67-56)65-52-43-9-3-2-8-42(43)51(63-52)64-53-44-10-4-5-11-45(44)55(66-53)68-57(48)70-58;/h2-32H,(H4,63,64,65,66,67,68,69,70,72,73,74,75);/q;+2/p-2/b15-14+,38-30+,50-32-;. The minimum absolute atomic E-state index is 0. The van der Waals surface area contributed by atoms with Gasteiger partial charge in [-0.15, -0.1) is 0 Å². The summed E-state index contributed by atoms with van der Waals surface area (Å²) >= 11 is 0. The Hall–Kier alpha value is -10.5. The van der Waals surface area contributed by atoms with Crippen LogP contribution >= 0.6 is 0 Å². The monoisotopic (exact) mass is 1040 g/mol. The van der Waals surface area contributed by atoms with Gasteiger partial charge in [-0.3, -0.25) is 4.79 Å². The van der Waals surface area contributed by atoms with Crippen molar-refractivity contribution in [2.75, 3.05) is 4.90 Å². The quantitative estimate of drug-likeness (QED) is 0.0453. The van der Waals surface area contributed by atoms with Gasteiger partial charge >= 0.3 is 31.4 Å². The van der Waals surface area contributed by atoms with E-state index in [0.29, 0.717) is 57.0 Å². The van der Waals surface area contributed by atoms with Gasteiger partial charge in [0.05, 0.1) is 29.9 Å². The molecule has 0 aliphatic carbocycles. The molecule has 10 aromatic rings. The number of fused-ring (bicyclic) bond motifs is 20. The minimum atomic E-state index is -1.32. The van der Waals surface area contributed by atoms with Gasteiger partial charge in [0.25, 0.3) is 5.70 Å². The van der Waals surface area contributed by atoms with Crippen molar-refractivity contribution in [3.63, 3.8) is 0 Å². The molecule has 0 saturated heterocycles. The number of rotatable bonds is 9. The molecule has 2 aliphatic rings. The van der Waals surface area contributed by atoms with E-state index in [9.17, 15) is 25.1 Å². The summed E-state index contributed by atoms with van der Waals surface area (Å²) < 4.78 is 0. The Labute approximate surface area is 444 Å². The fourth-order valence-corrected chi connectivity index (χ4v) is 9.05. The summed E-state index contributed by atoms with van der Waals surface area (Å²) in [7, 11) is 0. The molecule has 2 aliphatic heterocycles. The Morgan fingerprint density at radius 1 is 0.487 bits per heavy atom. The van der Waals surface area contributed by atoms with Crippen LogP contribution in [0.25, 0.3) is 119 Å². The summed E-state index contributed by atoms with van der Waals surface area (Å²) in [5.74, 6) is -0.784. The van der Waals surface area contributed by atoms with Crippen molar-refractivity contribution in [3.05, 3.63) is 209 Å². The summed E-state index contributed by atoms with van der Waals surface area (Å²) in [4.78, 5) is 68.4. The van der Waals surface area contributed by atoms with Crippen LogP contribution in [0.2, 0.25) is 0 Å². The maximum Gasteiger partial charge on any atom is 2.00 e. The van der Waals surface area contributed by atoms with Crippen molar-refractivity contribution in [2.24, 2.45) is 0 Å². The van der Waals surface area contributed by atoms with E-state index in [1.165, 1.54) is 12.2 Å². The first-order valence-corrected chi connectivity index (χ1v) is 23.3. The molecule has 0 amide bonds. The number of carbonyl (C=O) groups is 2. The molecule has 12 rings (SSSR count). The number of carboxylic acid groups (broad SMARTS) is 2. The van der Waals surface area contributed by atoms with Gasteiger partial charge in [0.1, 0.15) is 11.6 Å². The van der Waals surface area contributed by atoms with Crippen molar-refractivity contribution >= 4 is 97.4 Å². The first-order valence-electron chi connectivity index (χ1n) is 23.3. The van der Waals surface area contributed by atoms with E-state index in [1.807, 2.05) is 157 Å².